The number of terminal acetylenes is 1. The van der Waals surface area contributed by atoms with E-state index in [4.69, 9.17) is 11.4 Å². The smallest absolute Gasteiger partial charge is 0.223 e. The summed E-state index contributed by atoms with van der Waals surface area (Å²) in [6.45, 7) is 3.22. The molecule has 0 N–H and O–H groups in total. The Morgan fingerprint density at radius 3 is 2.69 bits per heavy atom. The third-order valence-corrected chi connectivity index (χ3v) is 5.21. The van der Waals surface area contributed by atoms with Gasteiger partial charge < -0.3 is 9.47 Å². The van der Waals surface area contributed by atoms with Crippen LogP contribution in [-0.4, -0.2) is 26.9 Å². The molecule has 3 aromatic rings. The van der Waals surface area contributed by atoms with Crippen molar-refractivity contribution in [2.24, 2.45) is 0 Å². The molecule has 1 saturated heterocycles. The van der Waals surface area contributed by atoms with Crippen LogP contribution in [0, 0.1) is 12.3 Å². The number of carbonyl (C=O) groups is 1. The molecule has 1 fully saturated rings. The Morgan fingerprint density at radius 2 is 1.92 bits per heavy atom. The number of hydrogen-bond donors (Lipinski definition) is 0. The van der Waals surface area contributed by atoms with E-state index in [-0.39, 0.29) is 17.9 Å². The van der Waals surface area contributed by atoms with Crippen molar-refractivity contribution in [2.75, 3.05) is 6.54 Å². The summed E-state index contributed by atoms with van der Waals surface area (Å²) in [5, 5.41) is 0. The molecular formula is C22H21N3O. The lowest BCUT2D eigenvalue weighted by atomic mass is 10.1. The van der Waals surface area contributed by atoms with Gasteiger partial charge in [-0.3, -0.25) is 4.79 Å². The Morgan fingerprint density at radius 1 is 1.19 bits per heavy atom. The number of fused-ring (bicyclic) bond motifs is 1. The first-order valence-corrected chi connectivity index (χ1v) is 8.92. The molecule has 2 atom stereocenters. The third-order valence-electron chi connectivity index (χ3n) is 5.21. The Bertz CT molecular complexity index is 984. The van der Waals surface area contributed by atoms with Crippen molar-refractivity contribution in [2.45, 2.75) is 31.8 Å². The topological polar surface area (TPSA) is 38.1 Å². The minimum atomic E-state index is 0.0548. The molecule has 4 nitrogen and oxygen atoms in total. The number of imidazole rings is 1. The van der Waals surface area contributed by atoms with Crippen molar-refractivity contribution in [3.63, 3.8) is 0 Å². The van der Waals surface area contributed by atoms with Gasteiger partial charge in [0, 0.05) is 18.9 Å². The maximum Gasteiger partial charge on any atom is 0.223 e. The van der Waals surface area contributed by atoms with E-state index < -0.39 is 0 Å². The Kier molecular flexibility index (Phi) is 4.22. The van der Waals surface area contributed by atoms with Crippen LogP contribution in [0.1, 0.15) is 36.7 Å². The number of nitrogens with zero attached hydrogens (tertiary/aromatic N) is 3. The normalized spacial score (nSPS) is 18.2. The monoisotopic (exact) mass is 343 g/mol. The number of likely N-dealkylation sites (tertiary alicyclic amines) is 1. The molecule has 0 radical (unpaired) electrons. The second-order valence-electron chi connectivity index (χ2n) is 6.78. The molecule has 0 aliphatic carbocycles. The first-order valence-electron chi connectivity index (χ1n) is 8.92. The Labute approximate surface area is 153 Å². The summed E-state index contributed by atoms with van der Waals surface area (Å²) in [6, 6.07) is 18.2. The zero-order valence-corrected chi connectivity index (χ0v) is 14.8. The molecule has 4 heteroatoms. The molecule has 1 aliphatic rings. The minimum Gasteiger partial charge on any atom is -0.335 e. The number of hydrogen-bond acceptors (Lipinski definition) is 2. The summed E-state index contributed by atoms with van der Waals surface area (Å²) in [6.07, 6.45) is 6.06. The lowest BCUT2D eigenvalue weighted by Gasteiger charge is -2.25. The van der Waals surface area contributed by atoms with Gasteiger partial charge in [-0.05, 0) is 24.6 Å². The van der Waals surface area contributed by atoms with Crippen LogP contribution < -0.4 is 0 Å². The highest BCUT2D eigenvalue weighted by Gasteiger charge is 2.36. The van der Waals surface area contributed by atoms with Crippen LogP contribution in [0.2, 0.25) is 0 Å². The van der Waals surface area contributed by atoms with Crippen molar-refractivity contribution in [3.05, 3.63) is 66.0 Å². The fourth-order valence-electron chi connectivity index (χ4n) is 3.85. The molecule has 26 heavy (non-hydrogen) atoms. The van der Waals surface area contributed by atoms with E-state index in [2.05, 4.69) is 29.5 Å². The molecule has 0 spiro atoms. The molecule has 0 bridgehead atoms. The molecule has 2 heterocycles. The van der Waals surface area contributed by atoms with Crippen LogP contribution in [-0.2, 0) is 11.3 Å². The summed E-state index contributed by atoms with van der Waals surface area (Å²) >= 11 is 0. The zero-order chi connectivity index (χ0) is 18.1. The second kappa shape index (κ2) is 6.68. The van der Waals surface area contributed by atoms with Gasteiger partial charge in [-0.1, -0.05) is 48.4 Å². The summed E-state index contributed by atoms with van der Waals surface area (Å²) in [5.74, 6) is 3.87. The maximum absolute atomic E-state index is 12.7. The molecule has 1 amide bonds. The fraction of sp³-hybridized carbons (Fsp3) is 0.273. The fourth-order valence-corrected chi connectivity index (χ4v) is 3.85. The van der Waals surface area contributed by atoms with Crippen LogP contribution >= 0.6 is 0 Å². The second-order valence-corrected chi connectivity index (χ2v) is 6.78. The van der Waals surface area contributed by atoms with Gasteiger partial charge in [0.1, 0.15) is 5.82 Å². The summed E-state index contributed by atoms with van der Waals surface area (Å²) in [4.78, 5) is 19.5. The molecule has 1 aliphatic heterocycles. The van der Waals surface area contributed by atoms with Crippen LogP contribution in [0.5, 0.6) is 0 Å². The van der Waals surface area contributed by atoms with Gasteiger partial charge in [-0.15, -0.1) is 6.42 Å². The van der Waals surface area contributed by atoms with E-state index in [1.165, 1.54) is 0 Å². The summed E-state index contributed by atoms with van der Waals surface area (Å²) < 4.78 is 2.07. The van der Waals surface area contributed by atoms with Crippen molar-refractivity contribution in [1.29, 1.82) is 0 Å². The van der Waals surface area contributed by atoms with E-state index in [1.54, 1.807) is 0 Å². The first kappa shape index (κ1) is 16.4. The minimum absolute atomic E-state index is 0.0548. The average Bonchev–Trinajstić information content (AvgIpc) is 3.23. The Hall–Kier alpha value is -3.06. The maximum atomic E-state index is 12.7. The van der Waals surface area contributed by atoms with Crippen molar-refractivity contribution in [3.8, 4) is 12.3 Å². The van der Waals surface area contributed by atoms with Gasteiger partial charge in [-0.2, -0.15) is 0 Å². The molecule has 2 aromatic carbocycles. The van der Waals surface area contributed by atoms with Crippen molar-refractivity contribution >= 4 is 16.9 Å². The molecular weight excluding hydrogens is 322 g/mol. The van der Waals surface area contributed by atoms with Gasteiger partial charge in [0.05, 0.1) is 23.6 Å². The van der Waals surface area contributed by atoms with Gasteiger partial charge >= 0.3 is 0 Å². The van der Waals surface area contributed by atoms with Crippen molar-refractivity contribution in [1.82, 2.24) is 14.5 Å². The highest BCUT2D eigenvalue weighted by atomic mass is 16.2. The van der Waals surface area contributed by atoms with Gasteiger partial charge in [-0.25, -0.2) is 4.98 Å². The first-order chi connectivity index (χ1) is 12.7. The number of aromatic nitrogens is 2. The standard InChI is InChI=1S/C22H21N3O/c1-3-13-24-20-12-8-7-11-19(20)23-22(24)18-14-21(26)25(15-18)16(2)17-9-5-4-6-10-17/h1,4-12,16,18H,13-15H2,2H3. The van der Waals surface area contributed by atoms with Gasteiger partial charge in [0.15, 0.2) is 0 Å². The third kappa shape index (κ3) is 2.76. The van der Waals surface area contributed by atoms with E-state index in [0.29, 0.717) is 19.5 Å². The number of rotatable bonds is 4. The zero-order valence-electron chi connectivity index (χ0n) is 14.8. The predicted octanol–water partition coefficient (Wildman–Crippen LogP) is 3.75. The van der Waals surface area contributed by atoms with E-state index >= 15 is 0 Å². The largest absolute Gasteiger partial charge is 0.335 e. The number of carbonyl (C=O) groups excluding carboxylic acids is 1. The average molecular weight is 343 g/mol. The Balaban J connectivity index is 1.66. The highest BCUT2D eigenvalue weighted by Crippen LogP contribution is 2.34. The quantitative estimate of drug-likeness (QED) is 0.677. The lowest BCUT2D eigenvalue weighted by molar-refractivity contribution is -0.129. The van der Waals surface area contributed by atoms with Gasteiger partial charge in [0.2, 0.25) is 5.91 Å². The number of benzene rings is 2. The molecule has 0 saturated carbocycles. The van der Waals surface area contributed by atoms with Gasteiger partial charge in [0.25, 0.3) is 0 Å². The van der Waals surface area contributed by atoms with Crippen molar-refractivity contribution < 1.29 is 4.79 Å². The van der Waals surface area contributed by atoms with E-state index in [0.717, 1.165) is 22.4 Å². The predicted molar refractivity (Wildman–Crippen MR) is 102 cm³/mol. The highest BCUT2D eigenvalue weighted by molar-refractivity contribution is 5.81. The summed E-state index contributed by atoms with van der Waals surface area (Å²) in [7, 11) is 0. The van der Waals surface area contributed by atoms with E-state index in [9.17, 15) is 4.79 Å². The van der Waals surface area contributed by atoms with Crippen LogP contribution in [0.25, 0.3) is 11.0 Å². The van der Waals surface area contributed by atoms with Crippen LogP contribution in [0.15, 0.2) is 54.6 Å². The molecule has 130 valence electrons. The SMILES string of the molecule is C#CCn1c(C2CC(=O)N(C(C)c3ccccc3)C2)nc2ccccc21. The molecule has 2 unspecified atom stereocenters. The van der Waals surface area contributed by atoms with E-state index in [1.807, 2.05) is 47.4 Å². The van der Waals surface area contributed by atoms with Crippen LogP contribution in [0.3, 0.4) is 0 Å². The molecule has 1 aromatic heterocycles. The van der Waals surface area contributed by atoms with Crippen LogP contribution in [0.4, 0.5) is 0 Å². The summed E-state index contributed by atoms with van der Waals surface area (Å²) in [5.41, 5.74) is 3.11. The number of para-hydroxylation sites is 2. The molecule has 4 rings (SSSR count). The number of amides is 1. The lowest BCUT2D eigenvalue weighted by Crippen LogP contribution is -2.28.